The van der Waals surface area contributed by atoms with Crippen LogP contribution in [0.1, 0.15) is 11.3 Å². The molecule has 1 aromatic carbocycles. The Morgan fingerprint density at radius 3 is 2.44 bits per heavy atom. The van der Waals surface area contributed by atoms with Crippen LogP contribution in [0.4, 0.5) is 0 Å². The van der Waals surface area contributed by atoms with E-state index in [9.17, 15) is 19.8 Å². The van der Waals surface area contributed by atoms with E-state index in [2.05, 4.69) is 10.3 Å². The molecule has 2 atom stereocenters. The van der Waals surface area contributed by atoms with Gasteiger partial charge in [-0.05, 0) is 29.8 Å². The fourth-order valence-corrected chi connectivity index (χ4v) is 2.50. The molecule has 7 nitrogen and oxygen atoms in total. The maximum atomic E-state index is 12.1. The average molecular weight is 412 g/mol. The van der Waals surface area contributed by atoms with Crippen molar-refractivity contribution >= 4 is 35.2 Å². The first-order chi connectivity index (χ1) is 12.9. The quantitative estimate of drug-likeness (QED) is 0.568. The second-order valence-corrected chi connectivity index (χ2v) is 6.57. The summed E-state index contributed by atoms with van der Waals surface area (Å²) in [5.41, 5.74) is 1.46. The monoisotopic (exact) mass is 411 g/mol. The number of hydrogen-bond acceptors (Lipinski definition) is 5. The average Bonchev–Trinajstić information content (AvgIpc) is 2.70. The van der Waals surface area contributed by atoms with Gasteiger partial charge in [0.15, 0.2) is 12.2 Å². The summed E-state index contributed by atoms with van der Waals surface area (Å²) in [6.07, 6.45) is -1.95. The molecule has 0 radical (unpaired) electrons. The van der Waals surface area contributed by atoms with Gasteiger partial charge in [0.05, 0.1) is 0 Å². The molecular weight excluding hydrogens is 393 g/mol. The highest BCUT2D eigenvalue weighted by atomic mass is 35.5. The molecule has 1 heterocycles. The van der Waals surface area contributed by atoms with Crippen molar-refractivity contribution in [2.45, 2.75) is 25.2 Å². The molecule has 144 valence electrons. The minimum Gasteiger partial charge on any atom is -0.380 e. The molecule has 9 heteroatoms. The predicted molar refractivity (Wildman–Crippen MR) is 101 cm³/mol. The third-order valence-corrected chi connectivity index (χ3v) is 4.32. The zero-order chi connectivity index (χ0) is 19.8. The molecule has 0 aliphatic rings. The van der Waals surface area contributed by atoms with Gasteiger partial charge in [0.2, 0.25) is 0 Å². The summed E-state index contributed by atoms with van der Waals surface area (Å²) in [5, 5.41) is 22.8. The van der Waals surface area contributed by atoms with Crippen LogP contribution in [-0.2, 0) is 22.6 Å². The summed E-state index contributed by atoms with van der Waals surface area (Å²) in [6, 6.07) is 12.0. The number of benzene rings is 1. The zero-order valence-electron chi connectivity index (χ0n) is 14.3. The number of aliphatic hydroxyl groups is 2. The Morgan fingerprint density at radius 2 is 1.81 bits per heavy atom. The topological polar surface area (TPSA) is 103 Å². The molecule has 2 amide bonds. The molecule has 0 bridgehead atoms. The van der Waals surface area contributed by atoms with E-state index >= 15 is 0 Å². The molecule has 2 rings (SSSR count). The second kappa shape index (κ2) is 10.2. The number of carbonyl (C=O) groups is 2. The summed E-state index contributed by atoms with van der Waals surface area (Å²) >= 11 is 11.6. The molecule has 0 fully saturated rings. The van der Waals surface area contributed by atoms with Crippen molar-refractivity contribution in [2.24, 2.45) is 0 Å². The Balaban J connectivity index is 1.82. The van der Waals surface area contributed by atoms with Crippen molar-refractivity contribution in [3.8, 4) is 0 Å². The normalized spacial score (nSPS) is 12.9. The van der Waals surface area contributed by atoms with Crippen LogP contribution in [0.15, 0.2) is 48.7 Å². The Bertz CT molecular complexity index is 759. The number of aromatic nitrogens is 1. The number of carbonyl (C=O) groups excluding carboxylic acids is 2. The molecular formula is C18H19Cl2N3O4. The van der Waals surface area contributed by atoms with Gasteiger partial charge in [0, 0.05) is 48.2 Å². The lowest BCUT2D eigenvalue weighted by atomic mass is 10.1. The molecule has 27 heavy (non-hydrogen) atoms. The number of halogens is 2. The smallest absolute Gasteiger partial charge is 0.269 e. The van der Waals surface area contributed by atoms with Crippen LogP contribution in [0.25, 0.3) is 0 Å². The van der Waals surface area contributed by atoms with Gasteiger partial charge < -0.3 is 15.5 Å². The Labute approximate surface area is 166 Å². The highest BCUT2D eigenvalue weighted by molar-refractivity contribution is 6.30. The highest BCUT2D eigenvalue weighted by Gasteiger charge is 2.32. The van der Waals surface area contributed by atoms with Gasteiger partial charge in [-0.2, -0.15) is 0 Å². The van der Waals surface area contributed by atoms with E-state index in [1.165, 1.54) is 0 Å². The summed E-state index contributed by atoms with van der Waals surface area (Å²) < 4.78 is 0.731. The largest absolute Gasteiger partial charge is 0.380 e. The van der Waals surface area contributed by atoms with Crippen molar-refractivity contribution in [3.05, 3.63) is 64.9 Å². The van der Waals surface area contributed by atoms with Crippen LogP contribution in [0.5, 0.6) is 0 Å². The number of nitrogens with one attached hydrogen (secondary N) is 1. The van der Waals surface area contributed by atoms with Crippen molar-refractivity contribution in [2.75, 3.05) is 6.54 Å². The van der Waals surface area contributed by atoms with Gasteiger partial charge in [0.25, 0.3) is 11.8 Å². The summed E-state index contributed by atoms with van der Waals surface area (Å²) in [7, 11) is 0. The number of rotatable bonds is 8. The third kappa shape index (κ3) is 6.48. The van der Waals surface area contributed by atoms with Crippen molar-refractivity contribution < 1.29 is 19.8 Å². The van der Waals surface area contributed by atoms with Gasteiger partial charge in [-0.3, -0.25) is 19.0 Å². The predicted octanol–water partition coefficient (Wildman–Crippen LogP) is 1.30. The van der Waals surface area contributed by atoms with E-state index in [1.807, 2.05) is 0 Å². The lowest BCUT2D eigenvalue weighted by Crippen LogP contribution is -2.49. The molecule has 1 unspecified atom stereocenters. The van der Waals surface area contributed by atoms with Crippen LogP contribution in [-0.4, -0.2) is 50.2 Å². The molecule has 0 spiro atoms. The van der Waals surface area contributed by atoms with Crippen LogP contribution in [0.3, 0.4) is 0 Å². The van der Waals surface area contributed by atoms with E-state index in [1.54, 1.807) is 48.7 Å². The van der Waals surface area contributed by atoms with Gasteiger partial charge in [-0.15, -0.1) is 0 Å². The van der Waals surface area contributed by atoms with E-state index in [4.69, 9.17) is 23.4 Å². The molecule has 0 saturated heterocycles. The second-order valence-electron chi connectivity index (χ2n) is 5.73. The molecule has 0 saturated carbocycles. The van der Waals surface area contributed by atoms with Crippen molar-refractivity contribution in [3.63, 3.8) is 0 Å². The first-order valence-electron chi connectivity index (χ1n) is 8.14. The van der Waals surface area contributed by atoms with Gasteiger partial charge in [0.1, 0.15) is 0 Å². The number of nitrogens with zero attached hydrogens (tertiary/aromatic N) is 2. The standard InChI is InChI=1S/C18H19Cl2N3O4/c19-13-6-4-12(5-7-13)11-22-17(26)15(24)16(25)18(27)23(20)10-8-14-3-1-2-9-21-14/h1-7,9,15-16,24-25H,8,10-11H2,(H,22,26)/t15?,16-/m1/s1. The van der Waals surface area contributed by atoms with Crippen LogP contribution in [0, 0.1) is 0 Å². The van der Waals surface area contributed by atoms with Gasteiger partial charge in [-0.1, -0.05) is 29.8 Å². The lowest BCUT2D eigenvalue weighted by Gasteiger charge is -2.21. The fraction of sp³-hybridized carbons (Fsp3) is 0.278. The molecule has 3 N–H and O–H groups in total. The number of hydrogen-bond donors (Lipinski definition) is 3. The summed E-state index contributed by atoms with van der Waals surface area (Å²) in [5.74, 6) is -1.86. The molecule has 0 aliphatic heterocycles. The zero-order valence-corrected chi connectivity index (χ0v) is 15.8. The minimum atomic E-state index is -1.98. The highest BCUT2D eigenvalue weighted by Crippen LogP contribution is 2.10. The van der Waals surface area contributed by atoms with Crippen molar-refractivity contribution in [1.82, 2.24) is 14.7 Å². The Morgan fingerprint density at radius 1 is 1.11 bits per heavy atom. The first kappa shape index (κ1) is 21.1. The van der Waals surface area contributed by atoms with Crippen molar-refractivity contribution in [1.29, 1.82) is 0 Å². The SMILES string of the molecule is O=C(NCc1ccc(Cl)cc1)C(O)[C@@H](O)C(=O)N(Cl)CCc1ccccn1. The van der Waals surface area contributed by atoms with E-state index in [0.717, 1.165) is 9.98 Å². The van der Waals surface area contributed by atoms with Crippen LogP contribution >= 0.6 is 23.4 Å². The Kier molecular flexibility index (Phi) is 7.99. The fourth-order valence-electron chi connectivity index (χ4n) is 2.19. The number of aliphatic hydroxyl groups excluding tert-OH is 2. The summed E-state index contributed by atoms with van der Waals surface area (Å²) in [4.78, 5) is 28.1. The van der Waals surface area contributed by atoms with Gasteiger partial charge in [-0.25, -0.2) is 0 Å². The lowest BCUT2D eigenvalue weighted by molar-refractivity contribution is -0.149. The van der Waals surface area contributed by atoms with E-state index in [0.29, 0.717) is 17.1 Å². The minimum absolute atomic E-state index is 0.0631. The van der Waals surface area contributed by atoms with Gasteiger partial charge >= 0.3 is 0 Å². The number of amides is 2. The maximum absolute atomic E-state index is 12.1. The van der Waals surface area contributed by atoms with Crippen LogP contribution in [0.2, 0.25) is 5.02 Å². The van der Waals surface area contributed by atoms with E-state index < -0.39 is 24.0 Å². The molecule has 2 aromatic rings. The Hall–Kier alpha value is -2.19. The number of pyridine rings is 1. The summed E-state index contributed by atoms with van der Waals surface area (Å²) in [6.45, 7) is 0.172. The molecule has 0 aliphatic carbocycles. The third-order valence-electron chi connectivity index (χ3n) is 3.73. The first-order valence-corrected chi connectivity index (χ1v) is 8.85. The molecule has 1 aromatic heterocycles. The van der Waals surface area contributed by atoms with E-state index in [-0.39, 0.29) is 13.1 Å². The maximum Gasteiger partial charge on any atom is 0.269 e. The van der Waals surface area contributed by atoms with Crippen LogP contribution < -0.4 is 5.32 Å².